The van der Waals surface area contributed by atoms with Crippen LogP contribution in [0.4, 0.5) is 5.95 Å². The quantitative estimate of drug-likeness (QED) is 0.503. The number of nitrogens with zero attached hydrogens (tertiary/aromatic N) is 4. The third-order valence-electron chi connectivity index (χ3n) is 6.95. The summed E-state index contributed by atoms with van der Waals surface area (Å²) in [6, 6.07) is 0. The summed E-state index contributed by atoms with van der Waals surface area (Å²) in [7, 11) is -3.17. The van der Waals surface area contributed by atoms with Gasteiger partial charge in [0.05, 0.1) is 35.9 Å². The van der Waals surface area contributed by atoms with Crippen molar-refractivity contribution in [3.8, 4) is 0 Å². The number of piperidine rings is 2. The molecular formula is C23H33ClN4O3S. The van der Waals surface area contributed by atoms with Gasteiger partial charge in [-0.2, -0.15) is 0 Å². The number of allylic oxidation sites excluding steroid dienone is 2. The fourth-order valence-corrected chi connectivity index (χ4v) is 6.50. The first-order valence-corrected chi connectivity index (χ1v) is 13.6. The Hall–Kier alpha value is -1.48. The molecule has 2 atom stereocenters. The summed E-state index contributed by atoms with van der Waals surface area (Å²) in [6.07, 6.45) is 14.0. The Bertz CT molecular complexity index is 892. The monoisotopic (exact) mass is 480 g/mol. The van der Waals surface area contributed by atoms with Gasteiger partial charge < -0.3 is 9.64 Å². The third kappa shape index (κ3) is 5.71. The van der Waals surface area contributed by atoms with Gasteiger partial charge in [-0.3, -0.25) is 0 Å². The number of anilines is 1. The SMILES string of the molecule is C=CCCS(=O)(=O)N1CCC(OC[C@@H]2C=C[C@@H]2C2CCN(c3ncc(Cl)cn3)CC2)CC1. The number of hydrogen-bond acceptors (Lipinski definition) is 6. The van der Waals surface area contributed by atoms with E-state index in [1.165, 1.54) is 0 Å². The van der Waals surface area contributed by atoms with E-state index in [1.807, 2.05) is 0 Å². The smallest absolute Gasteiger partial charge is 0.225 e. The van der Waals surface area contributed by atoms with E-state index in [-0.39, 0.29) is 11.9 Å². The van der Waals surface area contributed by atoms with Crippen LogP contribution in [0.25, 0.3) is 0 Å². The minimum Gasteiger partial charge on any atom is -0.377 e. The second kappa shape index (κ2) is 10.6. The van der Waals surface area contributed by atoms with Gasteiger partial charge in [0.2, 0.25) is 16.0 Å². The van der Waals surface area contributed by atoms with Crippen LogP contribution in [0.1, 0.15) is 32.1 Å². The fraction of sp³-hybridized carbons (Fsp3) is 0.652. The Balaban J connectivity index is 1.18. The zero-order valence-corrected chi connectivity index (χ0v) is 20.1. The highest BCUT2D eigenvalue weighted by Crippen LogP contribution is 2.39. The van der Waals surface area contributed by atoms with Gasteiger partial charge in [-0.25, -0.2) is 22.7 Å². The number of aromatic nitrogens is 2. The molecule has 32 heavy (non-hydrogen) atoms. The molecule has 0 amide bonds. The van der Waals surface area contributed by atoms with Crippen LogP contribution in [0.15, 0.2) is 37.2 Å². The highest BCUT2D eigenvalue weighted by atomic mass is 35.5. The maximum absolute atomic E-state index is 12.3. The van der Waals surface area contributed by atoms with Crippen LogP contribution in [-0.4, -0.2) is 67.3 Å². The molecule has 3 aliphatic rings. The normalized spacial score (nSPS) is 25.6. The minimum atomic E-state index is -3.17. The number of hydrogen-bond donors (Lipinski definition) is 0. The van der Waals surface area contributed by atoms with E-state index in [2.05, 4.69) is 33.6 Å². The first-order chi connectivity index (χ1) is 15.5. The van der Waals surface area contributed by atoms with Crippen molar-refractivity contribution in [3.05, 3.63) is 42.2 Å². The van der Waals surface area contributed by atoms with Crippen LogP contribution < -0.4 is 4.90 Å². The van der Waals surface area contributed by atoms with Gasteiger partial charge in [0.25, 0.3) is 0 Å². The minimum absolute atomic E-state index is 0.152. The van der Waals surface area contributed by atoms with Gasteiger partial charge in [0.1, 0.15) is 0 Å². The Morgan fingerprint density at radius 2 is 1.78 bits per heavy atom. The number of halogens is 1. The molecule has 1 aliphatic carbocycles. The standard InChI is InChI=1S/C23H33ClN4O3S/c1-2-3-14-32(29,30)28-12-8-21(9-13-28)31-17-19-4-5-22(19)18-6-10-27(11-7-18)23-25-15-20(24)16-26-23/h2,4-5,15-16,18-19,21-22H,1,3,6-14,17H2/t19-,22+/m0/s1. The van der Waals surface area contributed by atoms with Gasteiger partial charge in [0.15, 0.2) is 0 Å². The van der Waals surface area contributed by atoms with E-state index >= 15 is 0 Å². The topological polar surface area (TPSA) is 75.6 Å². The second-order valence-electron chi connectivity index (χ2n) is 8.98. The zero-order valence-electron chi connectivity index (χ0n) is 18.5. The molecular weight excluding hydrogens is 448 g/mol. The predicted octanol–water partition coefficient (Wildman–Crippen LogP) is 3.54. The van der Waals surface area contributed by atoms with Crippen molar-refractivity contribution in [2.45, 2.75) is 38.2 Å². The lowest BCUT2D eigenvalue weighted by Crippen LogP contribution is -2.43. The van der Waals surface area contributed by atoms with E-state index in [1.54, 1.807) is 22.8 Å². The summed E-state index contributed by atoms with van der Waals surface area (Å²) in [5.74, 6) is 2.61. The molecule has 0 spiro atoms. The highest BCUT2D eigenvalue weighted by molar-refractivity contribution is 7.89. The summed E-state index contributed by atoms with van der Waals surface area (Å²) >= 11 is 5.89. The number of sulfonamides is 1. The van der Waals surface area contributed by atoms with Crippen LogP contribution in [0.2, 0.25) is 5.02 Å². The van der Waals surface area contributed by atoms with Crippen molar-refractivity contribution >= 4 is 27.6 Å². The lowest BCUT2D eigenvalue weighted by molar-refractivity contribution is -0.00592. The maximum Gasteiger partial charge on any atom is 0.225 e. The molecule has 0 saturated carbocycles. The van der Waals surface area contributed by atoms with Gasteiger partial charge in [-0.1, -0.05) is 29.8 Å². The molecule has 0 aromatic carbocycles. The largest absolute Gasteiger partial charge is 0.377 e. The molecule has 7 nitrogen and oxygen atoms in total. The number of ether oxygens (including phenoxy) is 1. The van der Waals surface area contributed by atoms with Crippen molar-refractivity contribution in [3.63, 3.8) is 0 Å². The summed E-state index contributed by atoms with van der Waals surface area (Å²) in [4.78, 5) is 10.9. The fourth-order valence-electron chi connectivity index (χ4n) is 4.91. The van der Waals surface area contributed by atoms with Crippen LogP contribution in [-0.2, 0) is 14.8 Å². The summed E-state index contributed by atoms with van der Waals surface area (Å²) in [6.45, 7) is 7.38. The molecule has 0 radical (unpaired) electrons. The molecule has 176 valence electrons. The molecule has 0 N–H and O–H groups in total. The average molecular weight is 481 g/mol. The Morgan fingerprint density at radius 3 is 2.38 bits per heavy atom. The molecule has 0 unspecified atom stereocenters. The Kier molecular flexibility index (Phi) is 7.87. The average Bonchev–Trinajstić information content (AvgIpc) is 2.79. The molecule has 2 aliphatic heterocycles. The molecule has 2 fully saturated rings. The van der Waals surface area contributed by atoms with Gasteiger partial charge in [-0.15, -0.1) is 6.58 Å². The predicted molar refractivity (Wildman–Crippen MR) is 127 cm³/mol. The molecule has 2 saturated heterocycles. The molecule has 3 heterocycles. The van der Waals surface area contributed by atoms with Crippen molar-refractivity contribution < 1.29 is 13.2 Å². The van der Waals surface area contributed by atoms with Crippen LogP contribution in [0.5, 0.6) is 0 Å². The highest BCUT2D eigenvalue weighted by Gasteiger charge is 2.35. The van der Waals surface area contributed by atoms with Crippen LogP contribution >= 0.6 is 11.6 Å². The van der Waals surface area contributed by atoms with E-state index in [0.29, 0.717) is 42.3 Å². The third-order valence-corrected chi connectivity index (χ3v) is 9.05. The summed E-state index contributed by atoms with van der Waals surface area (Å²) < 4.78 is 32.5. The lowest BCUT2D eigenvalue weighted by atomic mass is 9.71. The first kappa shape index (κ1) is 23.7. The van der Waals surface area contributed by atoms with E-state index in [9.17, 15) is 8.42 Å². The lowest BCUT2D eigenvalue weighted by Gasteiger charge is -2.41. The van der Waals surface area contributed by atoms with E-state index < -0.39 is 10.0 Å². The van der Waals surface area contributed by atoms with Crippen molar-refractivity contribution in [2.24, 2.45) is 17.8 Å². The van der Waals surface area contributed by atoms with Gasteiger partial charge in [0, 0.05) is 32.1 Å². The van der Waals surface area contributed by atoms with E-state index in [4.69, 9.17) is 16.3 Å². The molecule has 4 rings (SSSR count). The molecule has 1 aromatic rings. The maximum atomic E-state index is 12.3. The van der Waals surface area contributed by atoms with Gasteiger partial charge in [-0.05, 0) is 43.9 Å². The van der Waals surface area contributed by atoms with Gasteiger partial charge >= 0.3 is 0 Å². The van der Waals surface area contributed by atoms with Crippen molar-refractivity contribution in [2.75, 3.05) is 43.4 Å². The Labute approximate surface area is 196 Å². The summed E-state index contributed by atoms with van der Waals surface area (Å²) in [5.41, 5.74) is 0. The summed E-state index contributed by atoms with van der Waals surface area (Å²) in [5, 5.41) is 0.561. The Morgan fingerprint density at radius 1 is 1.09 bits per heavy atom. The first-order valence-electron chi connectivity index (χ1n) is 11.6. The number of rotatable bonds is 9. The van der Waals surface area contributed by atoms with Crippen LogP contribution in [0, 0.1) is 17.8 Å². The van der Waals surface area contributed by atoms with Crippen LogP contribution in [0.3, 0.4) is 0 Å². The van der Waals surface area contributed by atoms with Crippen molar-refractivity contribution in [1.29, 1.82) is 0 Å². The second-order valence-corrected chi connectivity index (χ2v) is 11.5. The molecule has 9 heteroatoms. The molecule has 0 bridgehead atoms. The molecule has 1 aromatic heterocycles. The zero-order chi connectivity index (χ0) is 22.6. The van der Waals surface area contributed by atoms with Crippen molar-refractivity contribution in [1.82, 2.24) is 14.3 Å². The van der Waals surface area contributed by atoms with E-state index in [0.717, 1.165) is 51.3 Å².